The molecule has 0 aliphatic carbocycles. The molecule has 4 heterocycles. The molecule has 2 fully saturated rings. The fraction of sp³-hybridized carbons (Fsp3) is 0.450. The number of methoxy groups -OCH3 is 1. The fourth-order valence-corrected chi connectivity index (χ4v) is 4.25. The van der Waals surface area contributed by atoms with Crippen LogP contribution in [0.3, 0.4) is 0 Å². The summed E-state index contributed by atoms with van der Waals surface area (Å²) < 4.78 is 4.92. The molecule has 2 aliphatic rings. The van der Waals surface area contributed by atoms with Gasteiger partial charge in [-0.25, -0.2) is 19.7 Å². The molecule has 9 heteroatoms. The van der Waals surface area contributed by atoms with Crippen molar-refractivity contribution in [2.45, 2.75) is 43.8 Å². The summed E-state index contributed by atoms with van der Waals surface area (Å²) in [6.07, 6.45) is 8.89. The molecule has 2 aromatic heterocycles. The minimum Gasteiger partial charge on any atom is -0.465 e. The number of piperidine rings is 1. The van der Waals surface area contributed by atoms with E-state index in [0.29, 0.717) is 35.0 Å². The lowest BCUT2D eigenvalue weighted by Crippen LogP contribution is -2.44. The number of nitriles is 1. The van der Waals surface area contributed by atoms with E-state index in [0.717, 1.165) is 12.8 Å². The quantitative estimate of drug-likeness (QED) is 0.738. The number of ether oxygens (including phenoxy) is 1. The van der Waals surface area contributed by atoms with Crippen molar-refractivity contribution in [2.24, 2.45) is 0 Å². The summed E-state index contributed by atoms with van der Waals surface area (Å²) in [4.78, 5) is 27.1. The molecule has 4 rings (SSSR count). The van der Waals surface area contributed by atoms with Crippen molar-refractivity contribution in [3.63, 3.8) is 0 Å². The second-order valence-corrected chi connectivity index (χ2v) is 7.49. The van der Waals surface area contributed by atoms with E-state index in [-0.39, 0.29) is 11.7 Å². The van der Waals surface area contributed by atoms with Gasteiger partial charge >= 0.3 is 5.97 Å². The summed E-state index contributed by atoms with van der Waals surface area (Å²) in [5, 5.41) is 15.4. The molecule has 2 aromatic rings. The first-order valence-corrected chi connectivity index (χ1v) is 9.63. The first-order chi connectivity index (χ1) is 14.1. The van der Waals surface area contributed by atoms with Crippen LogP contribution in [0.25, 0.3) is 0 Å². The lowest BCUT2D eigenvalue weighted by atomic mass is 9.97. The summed E-state index contributed by atoms with van der Waals surface area (Å²) >= 11 is 0. The molecule has 0 saturated carbocycles. The number of rotatable bonds is 5. The van der Waals surface area contributed by atoms with Crippen LogP contribution in [0.4, 0.5) is 17.3 Å². The summed E-state index contributed by atoms with van der Waals surface area (Å²) in [5.74, 6) is 0.557. The van der Waals surface area contributed by atoms with Crippen molar-refractivity contribution < 1.29 is 9.53 Å². The van der Waals surface area contributed by atoms with Gasteiger partial charge in [0.1, 0.15) is 23.3 Å². The van der Waals surface area contributed by atoms with Gasteiger partial charge in [0, 0.05) is 30.4 Å². The van der Waals surface area contributed by atoms with Crippen molar-refractivity contribution >= 4 is 23.3 Å². The number of aromatic nitrogens is 3. The van der Waals surface area contributed by atoms with E-state index < -0.39 is 5.97 Å². The molecule has 2 saturated heterocycles. The molecule has 2 bridgehead atoms. The van der Waals surface area contributed by atoms with Crippen LogP contribution in [0, 0.1) is 11.3 Å². The minimum absolute atomic E-state index is 0.240. The number of esters is 1. The first kappa shape index (κ1) is 19.1. The summed E-state index contributed by atoms with van der Waals surface area (Å²) in [7, 11) is 3.56. The zero-order chi connectivity index (χ0) is 20.4. The number of nitrogens with one attached hydrogen (secondary N) is 2. The fourth-order valence-electron chi connectivity index (χ4n) is 4.25. The monoisotopic (exact) mass is 393 g/mol. The maximum atomic E-state index is 12.2. The van der Waals surface area contributed by atoms with E-state index in [4.69, 9.17) is 10.00 Å². The second kappa shape index (κ2) is 8.01. The van der Waals surface area contributed by atoms with Crippen LogP contribution in [0.15, 0.2) is 24.7 Å². The number of carbonyl (C=O) groups is 1. The molecule has 2 unspecified atom stereocenters. The summed E-state index contributed by atoms with van der Waals surface area (Å²) in [6.45, 7) is 0. The third kappa shape index (κ3) is 3.98. The van der Waals surface area contributed by atoms with Crippen LogP contribution in [0.5, 0.6) is 0 Å². The standard InChI is InChI=1S/C20H23N7O2/c1-27-14-3-4-15(27)6-12(5-14)25-17-7-18(24-10-16(17)20(28)29-2)26-19-11-22-13(8-21)9-23-19/h7,9-12,14-15H,3-6H2,1-2H3,(H2,23,24,25,26)/t12?,14-,15?/m1/s1. The highest BCUT2D eigenvalue weighted by molar-refractivity contribution is 5.96. The van der Waals surface area contributed by atoms with E-state index >= 15 is 0 Å². The predicted octanol–water partition coefficient (Wildman–Crippen LogP) is 2.31. The molecule has 0 spiro atoms. The lowest BCUT2D eigenvalue weighted by molar-refractivity contribution is 0.0601. The average Bonchev–Trinajstić information content (AvgIpc) is 2.94. The lowest BCUT2D eigenvalue weighted by Gasteiger charge is -2.37. The SMILES string of the molecule is COC(=O)c1cnc(Nc2cnc(C#N)cn2)cc1NC1CC2CC[C@H](C1)N2C. The van der Waals surface area contributed by atoms with Gasteiger partial charge in [-0.05, 0) is 32.7 Å². The maximum absolute atomic E-state index is 12.2. The molecule has 2 N–H and O–H groups in total. The largest absolute Gasteiger partial charge is 0.465 e. The Kier molecular flexibility index (Phi) is 5.27. The Morgan fingerprint density at radius 3 is 2.52 bits per heavy atom. The minimum atomic E-state index is -0.430. The number of hydrogen-bond donors (Lipinski definition) is 2. The molecule has 2 aliphatic heterocycles. The summed E-state index contributed by atoms with van der Waals surface area (Å²) in [5.41, 5.74) is 1.32. The van der Waals surface area contributed by atoms with Gasteiger partial charge in [0.2, 0.25) is 0 Å². The summed E-state index contributed by atoms with van der Waals surface area (Å²) in [6, 6.07) is 5.17. The highest BCUT2D eigenvalue weighted by Crippen LogP contribution is 2.36. The van der Waals surface area contributed by atoms with Gasteiger partial charge in [0.15, 0.2) is 5.69 Å². The van der Waals surface area contributed by atoms with Gasteiger partial charge in [-0.1, -0.05) is 0 Å². The zero-order valence-electron chi connectivity index (χ0n) is 16.4. The second-order valence-electron chi connectivity index (χ2n) is 7.49. The molecule has 9 nitrogen and oxygen atoms in total. The van der Waals surface area contributed by atoms with E-state index in [2.05, 4.69) is 37.5 Å². The van der Waals surface area contributed by atoms with Gasteiger partial charge in [0.25, 0.3) is 0 Å². The Morgan fingerprint density at radius 1 is 1.17 bits per heavy atom. The van der Waals surface area contributed by atoms with Crippen LogP contribution in [0.1, 0.15) is 41.7 Å². The molecule has 0 radical (unpaired) electrons. The number of anilines is 3. The van der Waals surface area contributed by atoms with Gasteiger partial charge in [0.05, 0.1) is 25.2 Å². The molecule has 150 valence electrons. The first-order valence-electron chi connectivity index (χ1n) is 9.63. The number of fused-ring (bicyclic) bond motifs is 2. The Morgan fingerprint density at radius 2 is 1.90 bits per heavy atom. The average molecular weight is 393 g/mol. The molecular formula is C20H23N7O2. The number of hydrogen-bond acceptors (Lipinski definition) is 9. The van der Waals surface area contributed by atoms with Gasteiger partial charge in [-0.3, -0.25) is 0 Å². The smallest absolute Gasteiger partial charge is 0.341 e. The number of nitrogens with zero attached hydrogens (tertiary/aromatic N) is 5. The maximum Gasteiger partial charge on any atom is 0.341 e. The van der Waals surface area contributed by atoms with Gasteiger partial charge in [-0.2, -0.15) is 5.26 Å². The molecule has 29 heavy (non-hydrogen) atoms. The molecule has 3 atom stereocenters. The Balaban J connectivity index is 1.55. The number of carbonyl (C=O) groups excluding carboxylic acids is 1. The number of pyridine rings is 1. The highest BCUT2D eigenvalue weighted by Gasteiger charge is 2.38. The van der Waals surface area contributed by atoms with Crippen molar-refractivity contribution in [3.8, 4) is 6.07 Å². The van der Waals surface area contributed by atoms with E-state index in [9.17, 15) is 4.79 Å². The third-order valence-corrected chi connectivity index (χ3v) is 5.79. The van der Waals surface area contributed by atoms with Crippen LogP contribution in [-0.4, -0.2) is 58.1 Å². The molecule has 0 amide bonds. The molecule has 0 aromatic carbocycles. The van der Waals surface area contributed by atoms with Crippen LogP contribution >= 0.6 is 0 Å². The van der Waals surface area contributed by atoms with Crippen LogP contribution in [0.2, 0.25) is 0 Å². The third-order valence-electron chi connectivity index (χ3n) is 5.79. The Hall–Kier alpha value is -3.25. The normalized spacial score (nSPS) is 23.3. The molecular weight excluding hydrogens is 370 g/mol. The van der Waals surface area contributed by atoms with Gasteiger partial charge < -0.3 is 20.3 Å². The van der Waals surface area contributed by atoms with Crippen LogP contribution in [-0.2, 0) is 4.74 Å². The Bertz CT molecular complexity index is 927. The van der Waals surface area contributed by atoms with Crippen molar-refractivity contribution in [1.29, 1.82) is 5.26 Å². The predicted molar refractivity (Wildman–Crippen MR) is 107 cm³/mol. The van der Waals surface area contributed by atoms with Crippen molar-refractivity contribution in [3.05, 3.63) is 35.9 Å². The van der Waals surface area contributed by atoms with Crippen LogP contribution < -0.4 is 10.6 Å². The van der Waals surface area contributed by atoms with Crippen molar-refractivity contribution in [1.82, 2.24) is 19.9 Å². The van der Waals surface area contributed by atoms with Crippen molar-refractivity contribution in [2.75, 3.05) is 24.8 Å². The topological polar surface area (TPSA) is 116 Å². The highest BCUT2D eigenvalue weighted by atomic mass is 16.5. The van der Waals surface area contributed by atoms with Gasteiger partial charge in [-0.15, -0.1) is 0 Å². The van der Waals surface area contributed by atoms with E-state index in [1.165, 1.54) is 38.5 Å². The van der Waals surface area contributed by atoms with E-state index in [1.807, 2.05) is 6.07 Å². The van der Waals surface area contributed by atoms with E-state index in [1.54, 1.807) is 6.07 Å². The zero-order valence-corrected chi connectivity index (χ0v) is 16.4. The Labute approximate surface area is 169 Å².